The molecule has 0 aliphatic carbocycles. The molecule has 2 heteroatoms. The Morgan fingerprint density at radius 2 is 1.45 bits per heavy atom. The van der Waals surface area contributed by atoms with Crippen molar-refractivity contribution in [3.8, 4) is 6.07 Å². The van der Waals surface area contributed by atoms with Gasteiger partial charge in [-0.15, -0.1) is 0 Å². The number of benzene rings is 2. The molecule has 0 saturated heterocycles. The predicted octanol–water partition coefficient (Wildman–Crippen LogP) is 4.99. The average molecular weight is 265 g/mol. The molecule has 0 heterocycles. The molecule has 0 radical (unpaired) electrons. The monoisotopic (exact) mass is 265 g/mol. The first kappa shape index (κ1) is 14.1. The maximum absolute atomic E-state index is 11.0. The number of rotatable bonds is 5. The van der Waals surface area contributed by atoms with Gasteiger partial charge in [0.25, 0.3) is 0 Å². The third kappa shape index (κ3) is 2.83. The number of nitrogens with zero attached hydrogens (tertiary/aromatic N) is 1. The molecule has 0 bridgehead atoms. The van der Waals surface area contributed by atoms with Gasteiger partial charge in [0.1, 0.15) is 0 Å². The Labute approximate surface area is 120 Å². The van der Waals surface area contributed by atoms with E-state index in [0.29, 0.717) is 0 Å². The van der Waals surface area contributed by atoms with E-state index in [4.69, 9.17) is 0 Å². The summed E-state index contributed by atoms with van der Waals surface area (Å²) in [7, 11) is 0. The number of unbranched alkanes of at least 4 members (excludes halogenated alkanes) is 1. The van der Waals surface area contributed by atoms with Crippen molar-refractivity contribution in [3.63, 3.8) is 0 Å². The van der Waals surface area contributed by atoms with Gasteiger partial charge in [0.05, 0.1) is 0 Å². The number of hydrogen-bond acceptors (Lipinski definition) is 1. The van der Waals surface area contributed by atoms with E-state index in [0.717, 1.165) is 30.4 Å². The Hall–Kier alpha value is -2.27. The van der Waals surface area contributed by atoms with Gasteiger partial charge in [-0.2, -0.15) is 0 Å². The number of hydrogen-bond donors (Lipinski definition) is 0. The molecule has 0 fully saturated rings. The maximum atomic E-state index is 11.0. The van der Waals surface area contributed by atoms with Crippen LogP contribution in [0.4, 0.5) is 0 Å². The first-order valence-electron chi connectivity index (χ1n) is 7.04. The molecule has 2 aromatic carbocycles. The summed E-state index contributed by atoms with van der Waals surface area (Å²) in [6.07, 6.45) is 2.93. The minimum atomic E-state index is -0.541. The van der Waals surface area contributed by atoms with Crippen molar-refractivity contribution < 1.29 is 0 Å². The molecule has 0 amide bonds. The first-order valence-corrected chi connectivity index (χ1v) is 7.04. The smallest absolute Gasteiger partial charge is 0.314 e. The van der Waals surface area contributed by atoms with Gasteiger partial charge in [0.2, 0.25) is 0 Å². The van der Waals surface area contributed by atoms with Gasteiger partial charge in [-0.05, 0) is 17.5 Å². The summed E-state index contributed by atoms with van der Waals surface area (Å²) in [5, 5.41) is 14.0. The van der Waals surface area contributed by atoms with Crippen LogP contribution >= 0.6 is 0 Å². The Morgan fingerprint density at radius 3 is 1.85 bits per heavy atom. The minimum absolute atomic E-state index is 0.541. The summed E-state index contributed by atoms with van der Waals surface area (Å²) in [6, 6.07) is 22.9. The summed E-state index contributed by atoms with van der Waals surface area (Å²) < 4.78 is 0. The summed E-state index contributed by atoms with van der Waals surface area (Å²) in [4.78, 5) is 0. The van der Waals surface area contributed by atoms with Crippen molar-refractivity contribution in [1.29, 1.82) is 0 Å². The molecule has 0 aliphatic rings. The van der Waals surface area contributed by atoms with Crippen LogP contribution in [0, 0.1) is 11.3 Å². The van der Waals surface area contributed by atoms with Crippen molar-refractivity contribution in [1.82, 2.24) is 0 Å². The van der Waals surface area contributed by atoms with E-state index in [1.54, 1.807) is 0 Å². The molecular weight excluding hydrogens is 246 g/mol. The second kappa shape index (κ2) is 6.77. The lowest BCUT2D eigenvalue weighted by atomic mass is 9.72. The Bertz CT molecular complexity index is 542. The molecule has 102 valence electrons. The van der Waals surface area contributed by atoms with E-state index in [1.165, 1.54) is 0 Å². The molecule has 0 aromatic heterocycles. The Morgan fingerprint density at radius 1 is 0.950 bits per heavy atom. The van der Waals surface area contributed by atoms with E-state index >= 15 is 0 Å². The van der Waals surface area contributed by atoms with E-state index in [2.05, 4.69) is 18.0 Å². The SMILES string of the molecule is CCCCC(C#[N+][O-])(c1ccccc1)c1ccccc1. The third-order valence-electron chi connectivity index (χ3n) is 3.68. The molecule has 0 atom stereocenters. The third-order valence-corrected chi connectivity index (χ3v) is 3.68. The van der Waals surface area contributed by atoms with E-state index in [1.807, 2.05) is 60.7 Å². The fourth-order valence-electron chi connectivity index (χ4n) is 2.61. The van der Waals surface area contributed by atoms with Crippen LogP contribution in [-0.2, 0) is 5.41 Å². The molecule has 0 aliphatic heterocycles. The molecule has 2 nitrogen and oxygen atoms in total. The van der Waals surface area contributed by atoms with Crippen molar-refractivity contribution >= 4 is 0 Å². The van der Waals surface area contributed by atoms with Crippen LogP contribution in [-0.4, -0.2) is 0 Å². The van der Waals surface area contributed by atoms with Crippen LogP contribution in [0.1, 0.15) is 37.3 Å². The lowest BCUT2D eigenvalue weighted by Crippen LogP contribution is -2.25. The summed E-state index contributed by atoms with van der Waals surface area (Å²) in [5.74, 6) is 0. The highest BCUT2D eigenvalue weighted by molar-refractivity contribution is 5.47. The quantitative estimate of drug-likeness (QED) is 0.699. The van der Waals surface area contributed by atoms with Crippen LogP contribution in [0.2, 0.25) is 0 Å². The molecule has 0 unspecified atom stereocenters. The van der Waals surface area contributed by atoms with Crippen LogP contribution in [0.5, 0.6) is 0 Å². The second-order valence-electron chi connectivity index (χ2n) is 4.94. The van der Waals surface area contributed by atoms with Crippen LogP contribution in [0.25, 0.3) is 5.01 Å². The zero-order valence-electron chi connectivity index (χ0n) is 11.8. The van der Waals surface area contributed by atoms with Gasteiger partial charge < -0.3 is 5.21 Å². The minimum Gasteiger partial charge on any atom is -0.498 e. The zero-order valence-corrected chi connectivity index (χ0v) is 11.8. The van der Waals surface area contributed by atoms with E-state index < -0.39 is 5.41 Å². The second-order valence-corrected chi connectivity index (χ2v) is 4.94. The summed E-state index contributed by atoms with van der Waals surface area (Å²) in [5.41, 5.74) is 1.60. The lowest BCUT2D eigenvalue weighted by Gasteiger charge is -2.25. The highest BCUT2D eigenvalue weighted by atomic mass is 16.4. The van der Waals surface area contributed by atoms with E-state index in [9.17, 15) is 5.21 Å². The summed E-state index contributed by atoms with van der Waals surface area (Å²) >= 11 is 0. The van der Waals surface area contributed by atoms with Crippen molar-refractivity contribution in [2.45, 2.75) is 31.6 Å². The molecule has 0 spiro atoms. The fourth-order valence-corrected chi connectivity index (χ4v) is 2.61. The molecule has 2 rings (SSSR count). The zero-order chi connectivity index (χ0) is 14.3. The molecule has 20 heavy (non-hydrogen) atoms. The largest absolute Gasteiger partial charge is 0.498 e. The van der Waals surface area contributed by atoms with Crippen LogP contribution in [0.3, 0.4) is 0 Å². The average Bonchev–Trinajstić information content (AvgIpc) is 2.53. The van der Waals surface area contributed by atoms with Crippen LogP contribution in [0.15, 0.2) is 60.7 Å². The maximum Gasteiger partial charge on any atom is 0.314 e. The molecule has 2 aromatic rings. The van der Waals surface area contributed by atoms with Crippen molar-refractivity contribution in [2.75, 3.05) is 0 Å². The molecule has 0 N–H and O–H groups in total. The highest BCUT2D eigenvalue weighted by Crippen LogP contribution is 2.36. The van der Waals surface area contributed by atoms with Gasteiger partial charge in [0.15, 0.2) is 5.41 Å². The molecular formula is C18H19NO. The first-order chi connectivity index (χ1) is 9.83. The van der Waals surface area contributed by atoms with Crippen LogP contribution < -0.4 is 0 Å². The van der Waals surface area contributed by atoms with Gasteiger partial charge in [-0.3, -0.25) is 0 Å². The van der Waals surface area contributed by atoms with Crippen molar-refractivity contribution in [3.05, 3.63) is 82.0 Å². The van der Waals surface area contributed by atoms with Gasteiger partial charge in [-0.1, -0.05) is 80.4 Å². The van der Waals surface area contributed by atoms with E-state index in [-0.39, 0.29) is 0 Å². The topological polar surface area (TPSA) is 27.4 Å². The normalized spacial score (nSPS) is 10.7. The fraction of sp³-hybridized carbons (Fsp3) is 0.278. The van der Waals surface area contributed by atoms with Gasteiger partial charge in [0, 0.05) is 5.01 Å². The lowest BCUT2D eigenvalue weighted by molar-refractivity contribution is 0.560. The van der Waals surface area contributed by atoms with Gasteiger partial charge in [-0.25, -0.2) is 0 Å². The highest BCUT2D eigenvalue weighted by Gasteiger charge is 2.38. The Kier molecular flexibility index (Phi) is 4.79. The molecule has 0 saturated carbocycles. The van der Waals surface area contributed by atoms with Crippen molar-refractivity contribution in [2.24, 2.45) is 0 Å². The predicted molar refractivity (Wildman–Crippen MR) is 83.8 cm³/mol. The summed E-state index contributed by atoms with van der Waals surface area (Å²) in [6.45, 7) is 2.15. The standard InChI is InChI=1S/C18H19NO/c1-2-3-14-18(15-19-20,16-10-6-4-7-11-16)17-12-8-5-9-13-17/h4-13H,2-3,14H2,1H3. The Balaban J connectivity index is 2.58. The van der Waals surface area contributed by atoms with Gasteiger partial charge >= 0.3 is 6.07 Å².